The van der Waals surface area contributed by atoms with E-state index in [1.807, 2.05) is 14.1 Å². The summed E-state index contributed by atoms with van der Waals surface area (Å²) in [7, 11) is 0.357. The van der Waals surface area contributed by atoms with Gasteiger partial charge in [0.05, 0.1) is 4.90 Å². The Kier molecular flexibility index (Phi) is 4.09. The van der Waals surface area contributed by atoms with E-state index in [2.05, 4.69) is 5.32 Å². The maximum absolute atomic E-state index is 12.6. The van der Waals surface area contributed by atoms with Crippen molar-refractivity contribution in [2.24, 2.45) is 7.05 Å². The van der Waals surface area contributed by atoms with Crippen molar-refractivity contribution in [3.63, 3.8) is 0 Å². The average molecular weight is 271 g/mol. The van der Waals surface area contributed by atoms with Gasteiger partial charge < -0.3 is 9.88 Å². The molecule has 1 aromatic heterocycles. The van der Waals surface area contributed by atoms with E-state index in [0.717, 1.165) is 19.3 Å². The zero-order valence-electron chi connectivity index (χ0n) is 11.0. The van der Waals surface area contributed by atoms with Crippen LogP contribution < -0.4 is 5.32 Å². The molecule has 1 saturated heterocycles. The van der Waals surface area contributed by atoms with Crippen molar-refractivity contribution in [2.45, 2.75) is 30.2 Å². The Morgan fingerprint density at radius 3 is 2.83 bits per heavy atom. The summed E-state index contributed by atoms with van der Waals surface area (Å²) in [5, 5.41) is 3.08. The second-order valence-corrected chi connectivity index (χ2v) is 6.73. The molecule has 0 aliphatic carbocycles. The highest BCUT2D eigenvalue weighted by Crippen LogP contribution is 2.25. The van der Waals surface area contributed by atoms with Crippen LogP contribution in [0.2, 0.25) is 0 Å². The predicted molar refractivity (Wildman–Crippen MR) is 70.9 cm³/mol. The van der Waals surface area contributed by atoms with Crippen molar-refractivity contribution in [1.29, 1.82) is 0 Å². The fourth-order valence-electron chi connectivity index (χ4n) is 2.50. The van der Waals surface area contributed by atoms with E-state index in [4.69, 9.17) is 0 Å². The van der Waals surface area contributed by atoms with E-state index < -0.39 is 10.0 Å². The summed E-state index contributed by atoms with van der Waals surface area (Å²) in [5.41, 5.74) is 0. The van der Waals surface area contributed by atoms with Gasteiger partial charge in [-0.3, -0.25) is 0 Å². The standard InChI is InChI=1S/C12H21N3O2S/c1-13-9-11-5-3-4-7-15(11)18(16,17)12-6-8-14(2)10-12/h6,8,10-11,13H,3-5,7,9H2,1-2H3. The summed E-state index contributed by atoms with van der Waals surface area (Å²) >= 11 is 0. The van der Waals surface area contributed by atoms with Crippen LogP contribution in [0.4, 0.5) is 0 Å². The molecule has 0 radical (unpaired) electrons. The van der Waals surface area contributed by atoms with Crippen LogP contribution in [0.5, 0.6) is 0 Å². The van der Waals surface area contributed by atoms with Gasteiger partial charge in [-0.15, -0.1) is 0 Å². The lowest BCUT2D eigenvalue weighted by atomic mass is 10.1. The summed E-state index contributed by atoms with van der Waals surface area (Å²) in [6, 6.07) is 1.74. The summed E-state index contributed by atoms with van der Waals surface area (Å²) in [6.07, 6.45) is 6.43. The second kappa shape index (κ2) is 5.42. The highest BCUT2D eigenvalue weighted by atomic mass is 32.2. The molecule has 1 atom stereocenters. The minimum atomic E-state index is -3.34. The van der Waals surface area contributed by atoms with Gasteiger partial charge in [-0.1, -0.05) is 6.42 Å². The van der Waals surface area contributed by atoms with Crippen LogP contribution in [0.1, 0.15) is 19.3 Å². The molecule has 1 aliphatic rings. The molecule has 0 spiro atoms. The zero-order valence-corrected chi connectivity index (χ0v) is 11.8. The molecule has 0 saturated carbocycles. The van der Waals surface area contributed by atoms with Gasteiger partial charge in [0.1, 0.15) is 0 Å². The summed E-state index contributed by atoms with van der Waals surface area (Å²) < 4.78 is 28.6. The van der Waals surface area contributed by atoms with Crippen molar-refractivity contribution in [2.75, 3.05) is 20.1 Å². The number of sulfonamides is 1. The van der Waals surface area contributed by atoms with Crippen LogP contribution in [-0.2, 0) is 17.1 Å². The van der Waals surface area contributed by atoms with Crippen LogP contribution in [0, 0.1) is 0 Å². The van der Waals surface area contributed by atoms with Crippen molar-refractivity contribution in [3.05, 3.63) is 18.5 Å². The van der Waals surface area contributed by atoms with Gasteiger partial charge in [-0.2, -0.15) is 4.31 Å². The molecule has 5 nitrogen and oxygen atoms in total. The molecule has 1 aliphatic heterocycles. The number of hydrogen-bond acceptors (Lipinski definition) is 3. The largest absolute Gasteiger partial charge is 0.356 e. The maximum atomic E-state index is 12.6. The molecular weight excluding hydrogens is 250 g/mol. The number of aryl methyl sites for hydroxylation is 1. The first-order chi connectivity index (χ1) is 8.55. The molecule has 2 heterocycles. The maximum Gasteiger partial charge on any atom is 0.244 e. The Morgan fingerprint density at radius 2 is 2.22 bits per heavy atom. The minimum absolute atomic E-state index is 0.0777. The fourth-order valence-corrected chi connectivity index (χ4v) is 4.24. The molecule has 18 heavy (non-hydrogen) atoms. The minimum Gasteiger partial charge on any atom is -0.356 e. The summed E-state index contributed by atoms with van der Waals surface area (Å²) in [4.78, 5) is 0.396. The van der Waals surface area contributed by atoms with Gasteiger partial charge in [0, 0.05) is 38.6 Å². The Morgan fingerprint density at radius 1 is 1.44 bits per heavy atom. The first-order valence-electron chi connectivity index (χ1n) is 6.34. The first-order valence-corrected chi connectivity index (χ1v) is 7.78. The molecule has 0 bridgehead atoms. The molecule has 1 N–H and O–H groups in total. The number of nitrogens with zero attached hydrogens (tertiary/aromatic N) is 2. The van der Waals surface area contributed by atoms with Crippen molar-refractivity contribution >= 4 is 10.0 Å². The van der Waals surface area contributed by atoms with E-state index in [9.17, 15) is 8.42 Å². The smallest absolute Gasteiger partial charge is 0.244 e. The average Bonchev–Trinajstić information content (AvgIpc) is 2.78. The number of piperidine rings is 1. The molecule has 6 heteroatoms. The van der Waals surface area contributed by atoms with Crippen LogP contribution in [0.25, 0.3) is 0 Å². The van der Waals surface area contributed by atoms with Crippen molar-refractivity contribution in [1.82, 2.24) is 14.2 Å². The van der Waals surface area contributed by atoms with E-state index in [1.165, 1.54) is 0 Å². The lowest BCUT2D eigenvalue weighted by molar-refractivity contribution is 0.249. The third-order valence-corrected chi connectivity index (χ3v) is 5.36. The van der Waals surface area contributed by atoms with Crippen molar-refractivity contribution in [3.8, 4) is 0 Å². The number of aromatic nitrogens is 1. The van der Waals surface area contributed by atoms with Gasteiger partial charge in [0.2, 0.25) is 10.0 Å². The van der Waals surface area contributed by atoms with Gasteiger partial charge in [-0.25, -0.2) is 8.42 Å². The quantitative estimate of drug-likeness (QED) is 0.881. The monoisotopic (exact) mass is 271 g/mol. The Balaban J connectivity index is 2.27. The topological polar surface area (TPSA) is 54.3 Å². The van der Waals surface area contributed by atoms with Crippen molar-refractivity contribution < 1.29 is 8.42 Å². The SMILES string of the molecule is CNCC1CCCCN1S(=O)(=O)c1ccn(C)c1. The van der Waals surface area contributed by atoms with E-state index in [1.54, 1.807) is 27.3 Å². The molecule has 0 aromatic carbocycles. The predicted octanol–water partition coefficient (Wildman–Crippen LogP) is 0.788. The molecule has 1 aromatic rings. The van der Waals surface area contributed by atoms with Gasteiger partial charge in [0.15, 0.2) is 0 Å². The molecule has 2 rings (SSSR count). The third-order valence-electron chi connectivity index (χ3n) is 3.42. The van der Waals surface area contributed by atoms with E-state index in [-0.39, 0.29) is 6.04 Å². The summed E-state index contributed by atoms with van der Waals surface area (Å²) in [5.74, 6) is 0. The van der Waals surface area contributed by atoms with E-state index >= 15 is 0 Å². The van der Waals surface area contributed by atoms with Crippen LogP contribution in [0.3, 0.4) is 0 Å². The third kappa shape index (κ3) is 2.60. The lowest BCUT2D eigenvalue weighted by Gasteiger charge is -2.34. The van der Waals surface area contributed by atoms with Crippen LogP contribution >= 0.6 is 0 Å². The Labute approximate surface area is 109 Å². The van der Waals surface area contributed by atoms with Gasteiger partial charge in [0.25, 0.3) is 0 Å². The number of rotatable bonds is 4. The molecule has 1 unspecified atom stereocenters. The molecule has 0 amide bonds. The number of likely N-dealkylation sites (N-methyl/N-ethyl adjacent to an activating group) is 1. The highest BCUT2D eigenvalue weighted by molar-refractivity contribution is 7.89. The lowest BCUT2D eigenvalue weighted by Crippen LogP contribution is -2.47. The van der Waals surface area contributed by atoms with Crippen LogP contribution in [0.15, 0.2) is 23.4 Å². The molecule has 1 fully saturated rings. The molecule has 102 valence electrons. The van der Waals surface area contributed by atoms with Gasteiger partial charge >= 0.3 is 0 Å². The van der Waals surface area contributed by atoms with Crippen LogP contribution in [-0.4, -0.2) is 43.5 Å². The zero-order chi connectivity index (χ0) is 13.2. The number of hydrogen-bond donors (Lipinski definition) is 1. The Hall–Kier alpha value is -0.850. The normalized spacial score (nSPS) is 22.2. The van der Waals surface area contributed by atoms with E-state index in [0.29, 0.717) is 18.0 Å². The summed E-state index contributed by atoms with van der Waals surface area (Å²) in [6.45, 7) is 1.34. The fraction of sp³-hybridized carbons (Fsp3) is 0.667. The highest BCUT2D eigenvalue weighted by Gasteiger charge is 2.33. The Bertz CT molecular complexity index is 493. The van der Waals surface area contributed by atoms with Gasteiger partial charge in [-0.05, 0) is 26.0 Å². The molecular formula is C12H21N3O2S. The number of nitrogens with one attached hydrogen (secondary N) is 1. The second-order valence-electron chi connectivity index (χ2n) is 4.84. The first kappa shape index (κ1) is 13.6.